The molecular formula is C22H17ClF3NO3S. The quantitative estimate of drug-likeness (QED) is 0.480. The van der Waals surface area contributed by atoms with Crippen molar-refractivity contribution >= 4 is 27.3 Å². The molecule has 0 radical (unpaired) electrons. The van der Waals surface area contributed by atoms with Crippen molar-refractivity contribution < 1.29 is 26.3 Å². The summed E-state index contributed by atoms with van der Waals surface area (Å²) in [6.45, 7) is 1.91. The fourth-order valence-corrected chi connectivity index (χ4v) is 5.16. The third-order valence-corrected chi connectivity index (χ3v) is 7.33. The first kappa shape index (κ1) is 21.5. The number of nitrogens with zero attached hydrogens (tertiary/aromatic N) is 1. The Balaban J connectivity index is 1.82. The van der Waals surface area contributed by atoms with E-state index in [2.05, 4.69) is 0 Å². The zero-order valence-corrected chi connectivity index (χ0v) is 17.9. The Morgan fingerprint density at radius 3 is 2.52 bits per heavy atom. The van der Waals surface area contributed by atoms with Crippen molar-refractivity contribution in [3.05, 3.63) is 76.8 Å². The highest BCUT2D eigenvalue weighted by molar-refractivity contribution is 7.92. The van der Waals surface area contributed by atoms with Crippen molar-refractivity contribution in [1.29, 1.82) is 0 Å². The summed E-state index contributed by atoms with van der Waals surface area (Å²) in [5, 5.41) is 0.569. The standard InChI is InChI=1S/C22H17ClF3NO3S/c1-14-18(6-3-7-19(14)23)15-8-9-21-20(12-15)27(10-11-30-21)31(28,29)17-5-2-4-16(13-17)22(24,25)26/h2-9,12-13H,10-11H2,1H3. The summed E-state index contributed by atoms with van der Waals surface area (Å²) in [6.07, 6.45) is -4.65. The van der Waals surface area contributed by atoms with Gasteiger partial charge < -0.3 is 4.74 Å². The van der Waals surface area contributed by atoms with Gasteiger partial charge in [0.25, 0.3) is 10.0 Å². The van der Waals surface area contributed by atoms with E-state index in [1.54, 1.807) is 30.3 Å². The monoisotopic (exact) mass is 467 g/mol. The predicted octanol–water partition coefficient (Wildman–Crippen LogP) is 5.92. The minimum atomic E-state index is -4.65. The minimum absolute atomic E-state index is 0.0242. The SMILES string of the molecule is Cc1c(Cl)cccc1-c1ccc2c(c1)N(S(=O)(=O)c1cccc(C(F)(F)F)c1)CCO2. The van der Waals surface area contributed by atoms with Crippen LogP contribution in [0.4, 0.5) is 18.9 Å². The summed E-state index contributed by atoms with van der Waals surface area (Å²) in [6, 6.07) is 14.2. The molecule has 0 saturated heterocycles. The molecule has 0 saturated carbocycles. The summed E-state index contributed by atoms with van der Waals surface area (Å²) in [4.78, 5) is -0.431. The Labute approximate surface area is 182 Å². The van der Waals surface area contributed by atoms with Gasteiger partial charge in [-0.15, -0.1) is 0 Å². The van der Waals surface area contributed by atoms with Gasteiger partial charge >= 0.3 is 6.18 Å². The van der Waals surface area contributed by atoms with Gasteiger partial charge in [0.05, 0.1) is 22.7 Å². The zero-order chi connectivity index (χ0) is 22.4. The smallest absolute Gasteiger partial charge is 0.416 e. The third kappa shape index (κ3) is 3.97. The van der Waals surface area contributed by atoms with Gasteiger partial charge in [-0.1, -0.05) is 35.9 Å². The molecule has 0 spiro atoms. The Hall–Kier alpha value is -2.71. The van der Waals surface area contributed by atoms with Crippen LogP contribution in [0.2, 0.25) is 5.02 Å². The molecule has 1 aliphatic rings. The number of fused-ring (bicyclic) bond motifs is 1. The minimum Gasteiger partial charge on any atom is -0.489 e. The lowest BCUT2D eigenvalue weighted by Crippen LogP contribution is -2.38. The van der Waals surface area contributed by atoms with Gasteiger partial charge in [0.15, 0.2) is 0 Å². The van der Waals surface area contributed by atoms with Crippen LogP contribution in [0, 0.1) is 6.92 Å². The van der Waals surface area contributed by atoms with Gasteiger partial charge in [-0.25, -0.2) is 8.42 Å². The second-order valence-electron chi connectivity index (χ2n) is 7.05. The van der Waals surface area contributed by atoms with Crippen molar-refractivity contribution in [2.75, 3.05) is 17.5 Å². The average molecular weight is 468 g/mol. The maximum atomic E-state index is 13.3. The van der Waals surface area contributed by atoms with Crippen molar-refractivity contribution in [2.45, 2.75) is 18.0 Å². The van der Waals surface area contributed by atoms with Gasteiger partial charge in [0.2, 0.25) is 0 Å². The number of halogens is 4. The molecule has 4 rings (SSSR count). The molecule has 0 unspecified atom stereocenters. The number of hydrogen-bond acceptors (Lipinski definition) is 3. The molecular weight excluding hydrogens is 451 g/mol. The number of rotatable bonds is 3. The molecule has 0 N–H and O–H groups in total. The van der Waals surface area contributed by atoms with Crippen LogP contribution in [0.15, 0.2) is 65.6 Å². The van der Waals surface area contributed by atoms with E-state index < -0.39 is 26.7 Å². The number of ether oxygens (including phenoxy) is 1. The molecule has 162 valence electrons. The second kappa shape index (κ2) is 7.76. The lowest BCUT2D eigenvalue weighted by molar-refractivity contribution is -0.137. The average Bonchev–Trinajstić information content (AvgIpc) is 2.74. The molecule has 1 aliphatic heterocycles. The highest BCUT2D eigenvalue weighted by Crippen LogP contribution is 2.40. The Kier molecular flexibility index (Phi) is 5.39. The van der Waals surface area contributed by atoms with E-state index in [1.807, 2.05) is 13.0 Å². The van der Waals surface area contributed by atoms with Crippen LogP contribution in [0.5, 0.6) is 5.75 Å². The summed E-state index contributed by atoms with van der Waals surface area (Å²) >= 11 is 6.22. The maximum absolute atomic E-state index is 13.3. The molecule has 0 aromatic heterocycles. The lowest BCUT2D eigenvalue weighted by atomic mass is 9.99. The van der Waals surface area contributed by atoms with Gasteiger partial charge in [-0.2, -0.15) is 13.2 Å². The highest BCUT2D eigenvalue weighted by Gasteiger charge is 2.34. The van der Waals surface area contributed by atoms with E-state index in [9.17, 15) is 21.6 Å². The number of sulfonamides is 1. The van der Waals surface area contributed by atoms with Crippen LogP contribution in [-0.2, 0) is 16.2 Å². The molecule has 0 atom stereocenters. The first-order chi connectivity index (χ1) is 14.6. The van der Waals surface area contributed by atoms with Gasteiger partial charge in [-0.05, 0) is 60.0 Å². The number of benzene rings is 3. The van der Waals surface area contributed by atoms with Gasteiger partial charge in [0.1, 0.15) is 12.4 Å². The number of alkyl halides is 3. The Morgan fingerprint density at radius 2 is 1.77 bits per heavy atom. The summed E-state index contributed by atoms with van der Waals surface area (Å²) < 4.78 is 72.6. The molecule has 3 aromatic carbocycles. The van der Waals surface area contributed by atoms with Crippen molar-refractivity contribution in [3.63, 3.8) is 0 Å². The fourth-order valence-electron chi connectivity index (χ4n) is 3.49. The lowest BCUT2D eigenvalue weighted by Gasteiger charge is -2.31. The van der Waals surface area contributed by atoms with E-state index in [1.165, 1.54) is 0 Å². The van der Waals surface area contributed by atoms with E-state index in [0.29, 0.717) is 22.4 Å². The van der Waals surface area contributed by atoms with Crippen LogP contribution >= 0.6 is 11.6 Å². The molecule has 3 aromatic rings. The van der Waals surface area contributed by atoms with E-state index in [0.717, 1.165) is 33.6 Å². The Morgan fingerprint density at radius 1 is 1.03 bits per heavy atom. The topological polar surface area (TPSA) is 46.6 Å². The van der Waals surface area contributed by atoms with Crippen molar-refractivity contribution in [1.82, 2.24) is 0 Å². The first-order valence-corrected chi connectivity index (χ1v) is 11.1. The fraction of sp³-hybridized carbons (Fsp3) is 0.182. The van der Waals surface area contributed by atoms with Crippen molar-refractivity contribution in [3.8, 4) is 16.9 Å². The van der Waals surface area contributed by atoms with Crippen LogP contribution in [0.1, 0.15) is 11.1 Å². The largest absolute Gasteiger partial charge is 0.489 e. The predicted molar refractivity (Wildman–Crippen MR) is 113 cm³/mol. The second-order valence-corrected chi connectivity index (χ2v) is 9.32. The zero-order valence-electron chi connectivity index (χ0n) is 16.3. The molecule has 0 fully saturated rings. The number of anilines is 1. The van der Waals surface area contributed by atoms with Crippen LogP contribution in [0.25, 0.3) is 11.1 Å². The molecule has 0 amide bonds. The van der Waals surface area contributed by atoms with E-state index in [-0.39, 0.29) is 18.8 Å². The number of hydrogen-bond donors (Lipinski definition) is 0. The summed E-state index contributed by atoms with van der Waals surface area (Å²) in [5.74, 6) is 0.338. The molecule has 31 heavy (non-hydrogen) atoms. The van der Waals surface area contributed by atoms with Crippen LogP contribution in [-0.4, -0.2) is 21.6 Å². The molecule has 1 heterocycles. The Bertz CT molecular complexity index is 1260. The molecule has 9 heteroatoms. The summed E-state index contributed by atoms with van der Waals surface area (Å²) in [5.41, 5.74) is 1.60. The van der Waals surface area contributed by atoms with Gasteiger partial charge in [0, 0.05) is 5.02 Å². The molecule has 0 bridgehead atoms. The van der Waals surface area contributed by atoms with Crippen LogP contribution in [0.3, 0.4) is 0 Å². The molecule has 0 aliphatic carbocycles. The normalized spacial score (nSPS) is 14.2. The van der Waals surface area contributed by atoms with Crippen molar-refractivity contribution in [2.24, 2.45) is 0 Å². The maximum Gasteiger partial charge on any atom is 0.416 e. The van der Waals surface area contributed by atoms with E-state index >= 15 is 0 Å². The van der Waals surface area contributed by atoms with Crippen LogP contribution < -0.4 is 9.04 Å². The first-order valence-electron chi connectivity index (χ1n) is 9.31. The van der Waals surface area contributed by atoms with Gasteiger partial charge in [-0.3, -0.25) is 4.31 Å². The highest BCUT2D eigenvalue weighted by atomic mass is 35.5. The molecule has 4 nitrogen and oxygen atoms in total. The van der Waals surface area contributed by atoms with E-state index in [4.69, 9.17) is 16.3 Å². The third-order valence-electron chi connectivity index (χ3n) is 5.11. The summed E-state index contributed by atoms with van der Waals surface area (Å²) in [7, 11) is -4.25.